The predicted molar refractivity (Wildman–Crippen MR) is 46.8 cm³/mol. The highest BCUT2D eigenvalue weighted by Crippen LogP contribution is 2.36. The van der Waals surface area contributed by atoms with Gasteiger partial charge in [0.15, 0.2) is 0 Å². The summed E-state index contributed by atoms with van der Waals surface area (Å²) in [4.78, 5) is 9.14. The maximum absolute atomic E-state index is 11.1. The molecule has 4 heteroatoms. The van der Waals surface area contributed by atoms with Crippen molar-refractivity contribution in [1.82, 2.24) is 0 Å². The second-order valence-electron chi connectivity index (χ2n) is 2.33. The Labute approximate surface area is 70.3 Å². The summed E-state index contributed by atoms with van der Waals surface area (Å²) in [5.41, 5.74) is 0. The number of benzene rings is 1. The third-order valence-corrected chi connectivity index (χ3v) is 3.04. The Hall–Kier alpha value is -0.300. The molecule has 1 atom stereocenters. The molecule has 0 spiro atoms. The van der Waals surface area contributed by atoms with E-state index in [0.29, 0.717) is 10.3 Å². The van der Waals surface area contributed by atoms with Gasteiger partial charge in [0.25, 0.3) is 0 Å². The quantitative estimate of drug-likeness (QED) is 0.687. The molecule has 0 radical (unpaired) electrons. The van der Waals surface area contributed by atoms with Crippen molar-refractivity contribution in [2.75, 3.05) is 6.66 Å². The first-order chi connectivity index (χ1) is 5.02. The fourth-order valence-electron chi connectivity index (χ4n) is 0.788. The van der Waals surface area contributed by atoms with Crippen molar-refractivity contribution in [1.29, 1.82) is 0 Å². The summed E-state index contributed by atoms with van der Waals surface area (Å²) in [5.74, 6) is 0. The maximum Gasteiger partial charge on any atom is 0.228 e. The molecule has 1 aromatic rings. The second kappa shape index (κ2) is 2.98. The summed E-state index contributed by atoms with van der Waals surface area (Å²) in [6.45, 7) is 1.27. The minimum atomic E-state index is -3.19. The molecule has 60 valence electrons. The topological polar surface area (TPSA) is 37.3 Å². The molecule has 0 amide bonds. The van der Waals surface area contributed by atoms with Crippen molar-refractivity contribution >= 4 is 24.3 Å². The Morgan fingerprint density at radius 2 is 2.00 bits per heavy atom. The second-order valence-corrected chi connectivity index (χ2v) is 4.98. The van der Waals surface area contributed by atoms with Gasteiger partial charge in [0.1, 0.15) is 0 Å². The van der Waals surface area contributed by atoms with Crippen LogP contribution in [0.3, 0.4) is 0 Å². The van der Waals surface area contributed by atoms with Crippen molar-refractivity contribution in [3.8, 4) is 0 Å². The van der Waals surface area contributed by atoms with Crippen LogP contribution >= 0.6 is 19.0 Å². The molecule has 0 saturated heterocycles. The Bertz CT molecular complexity index is 305. The van der Waals surface area contributed by atoms with Crippen molar-refractivity contribution in [2.24, 2.45) is 0 Å². The van der Waals surface area contributed by atoms with E-state index >= 15 is 0 Å². The van der Waals surface area contributed by atoms with Crippen LogP contribution in [0.25, 0.3) is 0 Å². The SMILES string of the molecule is CP(=O)(O)c1ccccc1Cl. The van der Waals surface area contributed by atoms with Crippen molar-refractivity contribution in [2.45, 2.75) is 0 Å². The van der Waals surface area contributed by atoms with E-state index in [0.717, 1.165) is 0 Å². The van der Waals surface area contributed by atoms with Gasteiger partial charge in [-0.05, 0) is 12.1 Å². The zero-order chi connectivity index (χ0) is 8.48. The molecule has 2 nitrogen and oxygen atoms in total. The third kappa shape index (κ3) is 2.06. The summed E-state index contributed by atoms with van der Waals surface area (Å²) < 4.78 is 11.1. The first kappa shape index (κ1) is 8.79. The van der Waals surface area contributed by atoms with Crippen LogP contribution in [0.15, 0.2) is 24.3 Å². The summed E-state index contributed by atoms with van der Waals surface area (Å²) in [6.07, 6.45) is 0. The van der Waals surface area contributed by atoms with E-state index in [1.165, 1.54) is 6.66 Å². The van der Waals surface area contributed by atoms with Crippen molar-refractivity contribution in [3.63, 3.8) is 0 Å². The molecule has 0 bridgehead atoms. The Balaban J connectivity index is 3.25. The van der Waals surface area contributed by atoms with Crippen LogP contribution in [0.1, 0.15) is 0 Å². The number of hydrogen-bond acceptors (Lipinski definition) is 1. The lowest BCUT2D eigenvalue weighted by molar-refractivity contribution is 0.496. The smallest absolute Gasteiger partial charge is 0.228 e. The van der Waals surface area contributed by atoms with Gasteiger partial charge in [-0.3, -0.25) is 4.57 Å². The fraction of sp³-hybridized carbons (Fsp3) is 0.143. The molecule has 11 heavy (non-hydrogen) atoms. The Morgan fingerprint density at radius 1 is 1.45 bits per heavy atom. The van der Waals surface area contributed by atoms with Gasteiger partial charge in [-0.1, -0.05) is 23.7 Å². The van der Waals surface area contributed by atoms with Crippen LogP contribution in [-0.4, -0.2) is 11.6 Å². The lowest BCUT2D eigenvalue weighted by Gasteiger charge is -2.05. The minimum Gasteiger partial charge on any atom is -0.341 e. The molecule has 1 aromatic carbocycles. The van der Waals surface area contributed by atoms with Crippen LogP contribution < -0.4 is 5.30 Å². The normalized spacial score (nSPS) is 15.9. The van der Waals surface area contributed by atoms with Crippen LogP contribution in [0.2, 0.25) is 5.02 Å². The molecule has 0 saturated carbocycles. The minimum absolute atomic E-state index is 0.321. The van der Waals surface area contributed by atoms with Crippen LogP contribution in [0.4, 0.5) is 0 Å². The Kier molecular flexibility index (Phi) is 2.38. The summed E-state index contributed by atoms with van der Waals surface area (Å²) >= 11 is 5.68. The third-order valence-electron chi connectivity index (χ3n) is 1.30. The Morgan fingerprint density at radius 3 is 2.36 bits per heavy atom. The van der Waals surface area contributed by atoms with Gasteiger partial charge >= 0.3 is 0 Å². The van der Waals surface area contributed by atoms with Gasteiger partial charge in [0.05, 0.1) is 10.3 Å². The lowest BCUT2D eigenvalue weighted by Crippen LogP contribution is -2.03. The molecular formula is C7H8ClO2P. The number of halogens is 1. The molecule has 1 N–H and O–H groups in total. The van der Waals surface area contributed by atoms with E-state index in [-0.39, 0.29) is 0 Å². The van der Waals surface area contributed by atoms with Crippen molar-refractivity contribution in [3.05, 3.63) is 29.3 Å². The van der Waals surface area contributed by atoms with Gasteiger partial charge in [-0.25, -0.2) is 0 Å². The van der Waals surface area contributed by atoms with Gasteiger partial charge in [0, 0.05) is 6.66 Å². The number of hydrogen-bond donors (Lipinski definition) is 1. The lowest BCUT2D eigenvalue weighted by atomic mass is 10.4. The first-order valence-electron chi connectivity index (χ1n) is 3.07. The van der Waals surface area contributed by atoms with Gasteiger partial charge in [0.2, 0.25) is 7.37 Å². The highest BCUT2D eigenvalue weighted by Gasteiger charge is 2.15. The van der Waals surface area contributed by atoms with E-state index in [2.05, 4.69) is 0 Å². The van der Waals surface area contributed by atoms with Crippen LogP contribution in [0, 0.1) is 0 Å². The highest BCUT2D eigenvalue weighted by molar-refractivity contribution is 7.65. The van der Waals surface area contributed by atoms with Crippen molar-refractivity contribution < 1.29 is 9.46 Å². The predicted octanol–water partition coefficient (Wildman–Crippen LogP) is 1.87. The molecular weight excluding hydrogens is 183 g/mol. The average Bonchev–Trinajstić information content (AvgIpc) is 1.86. The van der Waals surface area contributed by atoms with Gasteiger partial charge < -0.3 is 4.89 Å². The van der Waals surface area contributed by atoms with E-state index in [9.17, 15) is 4.57 Å². The maximum atomic E-state index is 11.1. The fourth-order valence-corrected chi connectivity index (χ4v) is 2.23. The molecule has 0 fully saturated rings. The molecule has 0 heterocycles. The van der Waals surface area contributed by atoms with Gasteiger partial charge in [-0.2, -0.15) is 0 Å². The number of rotatable bonds is 1. The highest BCUT2D eigenvalue weighted by atomic mass is 35.5. The molecule has 0 aromatic heterocycles. The molecule has 1 rings (SSSR count). The first-order valence-corrected chi connectivity index (χ1v) is 5.55. The standard InChI is InChI=1S/C7H8ClO2P/c1-11(9,10)7-5-3-2-4-6(7)8/h2-5H,1H3,(H,9,10). The zero-order valence-electron chi connectivity index (χ0n) is 5.99. The monoisotopic (exact) mass is 190 g/mol. The van der Waals surface area contributed by atoms with Crippen LogP contribution in [0.5, 0.6) is 0 Å². The van der Waals surface area contributed by atoms with E-state index in [1.807, 2.05) is 0 Å². The van der Waals surface area contributed by atoms with E-state index in [4.69, 9.17) is 16.5 Å². The average molecular weight is 191 g/mol. The van der Waals surface area contributed by atoms with E-state index in [1.54, 1.807) is 24.3 Å². The summed E-state index contributed by atoms with van der Waals surface area (Å²) in [5, 5.41) is 0.669. The largest absolute Gasteiger partial charge is 0.341 e. The molecule has 0 aliphatic rings. The zero-order valence-corrected chi connectivity index (χ0v) is 7.64. The van der Waals surface area contributed by atoms with Crippen LogP contribution in [-0.2, 0) is 4.57 Å². The molecule has 0 aliphatic carbocycles. The molecule has 0 aliphatic heterocycles. The molecule has 1 unspecified atom stereocenters. The summed E-state index contributed by atoms with van der Waals surface area (Å²) in [7, 11) is -3.19. The van der Waals surface area contributed by atoms with E-state index < -0.39 is 7.37 Å². The van der Waals surface area contributed by atoms with Gasteiger partial charge in [-0.15, -0.1) is 0 Å². The summed E-state index contributed by atoms with van der Waals surface area (Å²) in [6, 6.07) is 6.57.